The van der Waals surface area contributed by atoms with Crippen LogP contribution in [0.25, 0.3) is 32.7 Å². The molecule has 0 aromatic heterocycles. The molecule has 2 nitrogen and oxygen atoms in total. The summed E-state index contributed by atoms with van der Waals surface area (Å²) >= 11 is 0. The van der Waals surface area contributed by atoms with E-state index in [9.17, 15) is 0 Å². The third-order valence-corrected chi connectivity index (χ3v) is 6.52. The van der Waals surface area contributed by atoms with Gasteiger partial charge in [-0.25, -0.2) is 0 Å². The fourth-order valence-electron chi connectivity index (χ4n) is 5.29. The van der Waals surface area contributed by atoms with Gasteiger partial charge in [0.15, 0.2) is 0 Å². The van der Waals surface area contributed by atoms with Crippen LogP contribution >= 0.6 is 0 Å². The van der Waals surface area contributed by atoms with Crippen molar-refractivity contribution in [1.29, 1.82) is 0 Å². The van der Waals surface area contributed by atoms with E-state index >= 15 is 0 Å². The number of hydrogen-bond acceptors (Lipinski definition) is 2. The van der Waals surface area contributed by atoms with E-state index in [1.54, 1.807) is 0 Å². The predicted octanol–water partition coefficient (Wildman–Crippen LogP) is 5.96. The predicted molar refractivity (Wildman–Crippen MR) is 120 cm³/mol. The highest BCUT2D eigenvalue weighted by Crippen LogP contribution is 2.48. The Hall–Kier alpha value is -3.26. The Kier molecular flexibility index (Phi) is 3.16. The molecule has 0 fully saturated rings. The van der Waals surface area contributed by atoms with Gasteiger partial charge >= 0.3 is 0 Å². The molecule has 0 heterocycles. The van der Waals surface area contributed by atoms with Gasteiger partial charge in [-0.3, -0.25) is 0 Å². The van der Waals surface area contributed by atoms with Crippen molar-refractivity contribution in [3.63, 3.8) is 0 Å². The number of allylic oxidation sites excluding steroid dienone is 2. The summed E-state index contributed by atoms with van der Waals surface area (Å²) in [6, 6.07) is 21.7. The summed E-state index contributed by atoms with van der Waals surface area (Å²) in [5, 5.41) is 5.15. The van der Waals surface area contributed by atoms with Gasteiger partial charge in [-0.15, -0.1) is 0 Å². The Labute approximate surface area is 164 Å². The lowest BCUT2D eigenvalue weighted by molar-refractivity contribution is 1.06. The van der Waals surface area contributed by atoms with Crippen molar-refractivity contribution >= 4 is 44.1 Å². The molecule has 2 heteroatoms. The van der Waals surface area contributed by atoms with Crippen LogP contribution < -0.4 is 11.5 Å². The van der Waals surface area contributed by atoms with E-state index in [1.807, 2.05) is 12.1 Å². The smallest absolute Gasteiger partial charge is 0.0320 e. The second kappa shape index (κ2) is 5.62. The minimum atomic E-state index is 0.828. The van der Waals surface area contributed by atoms with E-state index in [-0.39, 0.29) is 0 Å². The van der Waals surface area contributed by atoms with E-state index < -0.39 is 0 Å². The first-order chi connectivity index (χ1) is 13.7. The molecule has 0 atom stereocenters. The van der Waals surface area contributed by atoms with Gasteiger partial charge in [0.1, 0.15) is 0 Å². The molecule has 0 aliphatic heterocycles. The SMILES string of the molecule is Nc1ccc2c3c(ccc2c1)CC/C3=C1/CCc2ccc3cc(N)ccc3c21. The highest BCUT2D eigenvalue weighted by molar-refractivity contribution is 6.09. The Bertz CT molecular complexity index is 1220. The summed E-state index contributed by atoms with van der Waals surface area (Å²) in [6.07, 6.45) is 4.50. The third-order valence-electron chi connectivity index (χ3n) is 6.52. The fraction of sp³-hybridized carbons (Fsp3) is 0.154. The Morgan fingerprint density at radius 1 is 0.500 bits per heavy atom. The zero-order chi connectivity index (χ0) is 18.8. The number of nitrogen functional groups attached to an aromatic ring is 2. The number of anilines is 2. The number of nitrogens with two attached hydrogens (primary N) is 2. The first kappa shape index (κ1) is 15.8. The molecule has 0 radical (unpaired) electrons. The fourth-order valence-corrected chi connectivity index (χ4v) is 5.29. The maximum Gasteiger partial charge on any atom is 0.0320 e. The molecule has 4 N–H and O–H groups in total. The van der Waals surface area contributed by atoms with Crippen LogP contribution in [-0.2, 0) is 12.8 Å². The van der Waals surface area contributed by atoms with Gasteiger partial charge in [0.2, 0.25) is 0 Å². The van der Waals surface area contributed by atoms with Crippen LogP contribution in [0, 0.1) is 0 Å². The molecule has 4 aromatic carbocycles. The van der Waals surface area contributed by atoms with Crippen molar-refractivity contribution in [2.24, 2.45) is 0 Å². The normalized spacial score (nSPS) is 18.0. The van der Waals surface area contributed by atoms with Crippen LogP contribution in [-0.4, -0.2) is 0 Å². The van der Waals surface area contributed by atoms with Crippen molar-refractivity contribution in [2.75, 3.05) is 11.5 Å². The van der Waals surface area contributed by atoms with Gasteiger partial charge < -0.3 is 11.5 Å². The van der Waals surface area contributed by atoms with Gasteiger partial charge in [0, 0.05) is 11.4 Å². The van der Waals surface area contributed by atoms with Crippen LogP contribution in [0.2, 0.25) is 0 Å². The van der Waals surface area contributed by atoms with Gasteiger partial charge in [-0.2, -0.15) is 0 Å². The number of benzene rings is 4. The number of fused-ring (bicyclic) bond motifs is 6. The molecule has 136 valence electrons. The van der Waals surface area contributed by atoms with E-state index in [2.05, 4.69) is 48.5 Å². The number of rotatable bonds is 0. The average Bonchev–Trinajstić information content (AvgIpc) is 3.31. The molecular formula is C26H22N2. The monoisotopic (exact) mass is 362 g/mol. The summed E-state index contributed by atoms with van der Waals surface area (Å²) in [5.74, 6) is 0. The summed E-state index contributed by atoms with van der Waals surface area (Å²) in [5.41, 5.74) is 22.7. The summed E-state index contributed by atoms with van der Waals surface area (Å²) in [7, 11) is 0. The second-order valence-electron chi connectivity index (χ2n) is 8.12. The molecule has 6 rings (SSSR count). The average molecular weight is 362 g/mol. The summed E-state index contributed by atoms with van der Waals surface area (Å²) in [4.78, 5) is 0. The molecule has 4 aromatic rings. The van der Waals surface area contributed by atoms with Gasteiger partial charge in [-0.05, 0) is 105 Å². The van der Waals surface area contributed by atoms with Gasteiger partial charge in [-0.1, -0.05) is 36.4 Å². The van der Waals surface area contributed by atoms with Crippen LogP contribution in [0.5, 0.6) is 0 Å². The first-order valence-electron chi connectivity index (χ1n) is 10.0. The van der Waals surface area contributed by atoms with E-state index in [0.29, 0.717) is 0 Å². The lowest BCUT2D eigenvalue weighted by Crippen LogP contribution is -1.92. The molecule has 0 amide bonds. The Morgan fingerprint density at radius 3 is 1.43 bits per heavy atom. The van der Waals surface area contributed by atoms with Gasteiger partial charge in [0.25, 0.3) is 0 Å². The van der Waals surface area contributed by atoms with Crippen LogP contribution in [0.3, 0.4) is 0 Å². The summed E-state index contributed by atoms with van der Waals surface area (Å²) in [6.45, 7) is 0. The zero-order valence-corrected chi connectivity index (χ0v) is 15.8. The third kappa shape index (κ3) is 2.15. The number of aryl methyl sites for hydroxylation is 2. The van der Waals surface area contributed by atoms with Crippen LogP contribution in [0.1, 0.15) is 35.1 Å². The topological polar surface area (TPSA) is 52.0 Å². The second-order valence-corrected chi connectivity index (χ2v) is 8.12. The standard InChI is InChI=1S/C26H22N2/c27-19-7-11-21-17(13-19)3-1-15-5-9-23(25(15)21)24-10-6-16-2-4-18-14-20(28)8-12-22(18)26(16)24/h1-4,7-8,11-14H,5-6,9-10,27-28H2/b24-23+. The molecule has 0 bridgehead atoms. The van der Waals surface area contributed by atoms with E-state index in [0.717, 1.165) is 37.1 Å². The largest absolute Gasteiger partial charge is 0.399 e. The van der Waals surface area contributed by atoms with Crippen molar-refractivity contribution in [3.05, 3.63) is 82.9 Å². The minimum Gasteiger partial charge on any atom is -0.399 e. The highest BCUT2D eigenvalue weighted by Gasteiger charge is 2.27. The number of hydrogen-bond donors (Lipinski definition) is 2. The minimum absolute atomic E-state index is 0.828. The van der Waals surface area contributed by atoms with Crippen molar-refractivity contribution in [1.82, 2.24) is 0 Å². The molecule has 2 aliphatic carbocycles. The zero-order valence-electron chi connectivity index (χ0n) is 15.8. The molecule has 0 saturated heterocycles. The molecule has 0 unspecified atom stereocenters. The molecule has 0 spiro atoms. The lowest BCUT2D eigenvalue weighted by atomic mass is 9.91. The molecule has 28 heavy (non-hydrogen) atoms. The highest BCUT2D eigenvalue weighted by atomic mass is 14.5. The Morgan fingerprint density at radius 2 is 0.964 bits per heavy atom. The van der Waals surface area contributed by atoms with E-state index in [4.69, 9.17) is 11.5 Å². The molecule has 2 aliphatic rings. The lowest BCUT2D eigenvalue weighted by Gasteiger charge is -2.14. The summed E-state index contributed by atoms with van der Waals surface area (Å²) < 4.78 is 0. The van der Waals surface area contributed by atoms with Crippen molar-refractivity contribution in [2.45, 2.75) is 25.7 Å². The van der Waals surface area contributed by atoms with Crippen molar-refractivity contribution in [3.8, 4) is 0 Å². The Balaban J connectivity index is 1.67. The van der Waals surface area contributed by atoms with E-state index in [1.165, 1.54) is 54.9 Å². The first-order valence-corrected chi connectivity index (χ1v) is 10.0. The maximum absolute atomic E-state index is 6.04. The van der Waals surface area contributed by atoms with Crippen LogP contribution in [0.4, 0.5) is 11.4 Å². The molecular weight excluding hydrogens is 340 g/mol. The maximum atomic E-state index is 6.04. The quantitative estimate of drug-likeness (QED) is 0.379. The van der Waals surface area contributed by atoms with Crippen LogP contribution in [0.15, 0.2) is 60.7 Å². The van der Waals surface area contributed by atoms with Gasteiger partial charge in [0.05, 0.1) is 0 Å². The van der Waals surface area contributed by atoms with Crippen molar-refractivity contribution < 1.29 is 0 Å². The molecule has 0 saturated carbocycles.